The molecule has 8 nitrogen and oxygen atoms in total. The average Bonchev–Trinajstić information content (AvgIpc) is 3.05. The molecule has 0 bridgehead atoms. The fraction of sp³-hybridized carbons (Fsp3) is 0.308. The van der Waals surface area contributed by atoms with Gasteiger partial charge in [-0.1, -0.05) is 48.5 Å². The first kappa shape index (κ1) is 23.2. The van der Waals surface area contributed by atoms with Gasteiger partial charge in [-0.3, -0.25) is 9.59 Å². The molecule has 0 radical (unpaired) electrons. The van der Waals surface area contributed by atoms with E-state index in [-0.39, 0.29) is 17.2 Å². The second kappa shape index (κ2) is 10.4. The molecule has 1 N–H and O–H groups in total. The van der Waals surface area contributed by atoms with E-state index in [1.165, 1.54) is 16.4 Å². The van der Waals surface area contributed by atoms with Crippen LogP contribution in [-0.2, 0) is 24.3 Å². The maximum absolute atomic E-state index is 13.3. The molecule has 0 unspecified atom stereocenters. The number of carbonyl (C=O) groups excluding carboxylic acids is 1. The number of benzene rings is 2. The monoisotopic (exact) mass is 489 g/mol. The number of methoxy groups -OCH3 is 1. The van der Waals surface area contributed by atoms with Crippen LogP contribution in [-0.4, -0.2) is 38.1 Å². The Morgan fingerprint density at radius 2 is 1.97 bits per heavy atom. The van der Waals surface area contributed by atoms with Crippen LogP contribution < -0.4 is 15.6 Å². The minimum atomic E-state index is -0.142. The lowest BCUT2D eigenvalue weighted by molar-refractivity contribution is -0.118. The third kappa shape index (κ3) is 4.95. The van der Waals surface area contributed by atoms with E-state index in [9.17, 15) is 9.59 Å². The summed E-state index contributed by atoms with van der Waals surface area (Å²) in [7, 11) is 1.62. The number of fused-ring (bicyclic) bond motifs is 3. The summed E-state index contributed by atoms with van der Waals surface area (Å²) >= 11 is 1.38. The normalized spacial score (nSPS) is 13.3. The van der Waals surface area contributed by atoms with Crippen LogP contribution in [0.1, 0.15) is 30.5 Å². The fourth-order valence-corrected chi connectivity index (χ4v) is 5.24. The van der Waals surface area contributed by atoms with E-state index < -0.39 is 0 Å². The van der Waals surface area contributed by atoms with Crippen molar-refractivity contribution in [2.24, 2.45) is 0 Å². The predicted octanol–water partition coefficient (Wildman–Crippen LogP) is 3.68. The van der Waals surface area contributed by atoms with E-state index in [4.69, 9.17) is 9.72 Å². The number of thioether (sulfide) groups is 1. The van der Waals surface area contributed by atoms with Crippen molar-refractivity contribution in [3.63, 3.8) is 0 Å². The average molecular weight is 490 g/mol. The van der Waals surface area contributed by atoms with Crippen molar-refractivity contribution in [3.8, 4) is 22.8 Å². The summed E-state index contributed by atoms with van der Waals surface area (Å²) < 4.78 is 8.79. The minimum absolute atomic E-state index is 0.0815. The zero-order valence-electron chi connectivity index (χ0n) is 19.6. The van der Waals surface area contributed by atoms with Gasteiger partial charge in [-0.2, -0.15) is 4.68 Å². The van der Waals surface area contributed by atoms with Gasteiger partial charge in [0.15, 0.2) is 11.0 Å². The number of hydrogen-bond donors (Lipinski definition) is 1. The summed E-state index contributed by atoms with van der Waals surface area (Å²) in [5, 5.41) is 8.24. The van der Waals surface area contributed by atoms with Crippen LogP contribution in [0.4, 0.5) is 0 Å². The molecule has 5 rings (SSSR count). The number of amides is 1. The van der Waals surface area contributed by atoms with Gasteiger partial charge >= 0.3 is 0 Å². The molecule has 2 aromatic rings. The maximum Gasteiger partial charge on any atom is 0.284 e. The van der Waals surface area contributed by atoms with Crippen molar-refractivity contribution >= 4 is 17.7 Å². The molecule has 0 spiro atoms. The van der Waals surface area contributed by atoms with E-state index in [2.05, 4.69) is 15.0 Å². The van der Waals surface area contributed by atoms with Crippen LogP contribution in [0.5, 0.6) is 5.75 Å². The molecule has 0 fully saturated rings. The smallest absolute Gasteiger partial charge is 0.284 e. The lowest BCUT2D eigenvalue weighted by Crippen LogP contribution is -2.25. The van der Waals surface area contributed by atoms with Crippen molar-refractivity contribution in [2.75, 3.05) is 12.9 Å². The fourth-order valence-electron chi connectivity index (χ4n) is 4.37. The molecule has 3 aliphatic heterocycles. The quantitative estimate of drug-likeness (QED) is 0.315. The van der Waals surface area contributed by atoms with Crippen LogP contribution in [0, 0.1) is 0 Å². The zero-order chi connectivity index (χ0) is 24.2. The van der Waals surface area contributed by atoms with Gasteiger partial charge < -0.3 is 14.6 Å². The van der Waals surface area contributed by atoms with Gasteiger partial charge in [-0.25, -0.2) is 4.98 Å². The Morgan fingerprint density at radius 1 is 1.11 bits per heavy atom. The van der Waals surface area contributed by atoms with Gasteiger partial charge in [0.2, 0.25) is 5.91 Å². The summed E-state index contributed by atoms with van der Waals surface area (Å²) in [5.41, 5.74) is 3.10. The molecular formula is C26H27N5O3S. The Labute approximate surface area is 207 Å². The van der Waals surface area contributed by atoms with Gasteiger partial charge in [-0.15, -0.1) is 5.10 Å². The van der Waals surface area contributed by atoms with E-state index in [0.29, 0.717) is 23.6 Å². The minimum Gasteiger partial charge on any atom is -0.497 e. The van der Waals surface area contributed by atoms with Crippen molar-refractivity contribution in [3.05, 3.63) is 76.2 Å². The number of hydrogen-bond acceptors (Lipinski definition) is 6. The van der Waals surface area contributed by atoms with Gasteiger partial charge in [0.25, 0.3) is 5.56 Å². The highest BCUT2D eigenvalue weighted by Gasteiger charge is 2.27. The number of ether oxygens (including phenoxy) is 1. The Bertz CT molecular complexity index is 1370. The molecule has 0 saturated heterocycles. The number of rotatable bonds is 7. The number of carbonyl (C=O) groups is 1. The summed E-state index contributed by atoms with van der Waals surface area (Å²) in [5.74, 6) is 1.34. The van der Waals surface area contributed by atoms with Gasteiger partial charge in [0, 0.05) is 18.8 Å². The lowest BCUT2D eigenvalue weighted by atomic mass is 10.1. The van der Waals surface area contributed by atoms with Gasteiger partial charge in [0.1, 0.15) is 11.3 Å². The molecule has 180 valence electrons. The maximum atomic E-state index is 13.3. The summed E-state index contributed by atoms with van der Waals surface area (Å²) in [6.45, 7) is 1.21. The summed E-state index contributed by atoms with van der Waals surface area (Å²) in [6, 6.07) is 17.0. The van der Waals surface area contributed by atoms with E-state index in [1.807, 2.05) is 54.6 Å². The van der Waals surface area contributed by atoms with E-state index >= 15 is 0 Å². The van der Waals surface area contributed by atoms with Crippen molar-refractivity contribution in [1.82, 2.24) is 24.6 Å². The third-order valence-corrected chi connectivity index (χ3v) is 7.10. The van der Waals surface area contributed by atoms with E-state index in [1.54, 1.807) is 7.11 Å². The summed E-state index contributed by atoms with van der Waals surface area (Å²) in [6.07, 6.45) is 3.92. The largest absolute Gasteiger partial charge is 0.497 e. The topological polar surface area (TPSA) is 91.0 Å². The van der Waals surface area contributed by atoms with Crippen molar-refractivity contribution in [2.45, 2.75) is 43.9 Å². The molecule has 9 heteroatoms. The highest BCUT2D eigenvalue weighted by atomic mass is 32.2. The SMILES string of the molecule is COc1cccc(CNC(=O)CSc2nc3nn(-c4ccccc4)c(=O)c-3c3n2CCCCC3)c1. The molecule has 3 aliphatic rings. The summed E-state index contributed by atoms with van der Waals surface area (Å²) in [4.78, 5) is 30.7. The van der Waals surface area contributed by atoms with Crippen LogP contribution >= 0.6 is 11.8 Å². The molecule has 0 saturated carbocycles. The lowest BCUT2D eigenvalue weighted by Gasteiger charge is -2.17. The van der Waals surface area contributed by atoms with Gasteiger partial charge in [-0.05, 0) is 49.1 Å². The first-order valence-electron chi connectivity index (χ1n) is 11.7. The number of para-hydroxylation sites is 1. The van der Waals surface area contributed by atoms with Crippen LogP contribution in [0.25, 0.3) is 17.1 Å². The first-order valence-corrected chi connectivity index (χ1v) is 12.7. The standard InChI is InChI=1S/C26H27N5O3S/c1-34-20-12-8-9-18(15-20)16-27-22(32)17-35-26-28-24-23(21-13-6-3-7-14-30(21)26)25(33)31(29-24)19-10-4-2-5-11-19/h2,4-5,8-12,15H,3,6-7,13-14,16-17H2,1H3,(H,27,32). The molecule has 0 aromatic heterocycles. The first-order chi connectivity index (χ1) is 17.1. The molecule has 0 atom stereocenters. The third-order valence-electron chi connectivity index (χ3n) is 6.12. The second-order valence-electron chi connectivity index (χ2n) is 8.47. The van der Waals surface area contributed by atoms with E-state index in [0.717, 1.165) is 54.4 Å². The highest BCUT2D eigenvalue weighted by Crippen LogP contribution is 2.30. The second-order valence-corrected chi connectivity index (χ2v) is 9.41. The van der Waals surface area contributed by atoms with Crippen molar-refractivity contribution < 1.29 is 9.53 Å². The molecule has 35 heavy (non-hydrogen) atoms. The van der Waals surface area contributed by atoms with Gasteiger partial charge in [0.05, 0.1) is 18.6 Å². The number of aromatic nitrogens is 4. The Morgan fingerprint density at radius 3 is 2.80 bits per heavy atom. The molecule has 3 heterocycles. The van der Waals surface area contributed by atoms with Crippen molar-refractivity contribution in [1.29, 1.82) is 0 Å². The van der Waals surface area contributed by atoms with Crippen LogP contribution in [0.3, 0.4) is 0 Å². The number of nitrogens with one attached hydrogen (secondary N) is 1. The molecular weight excluding hydrogens is 462 g/mol. The Hall–Kier alpha value is -3.59. The molecule has 2 aromatic carbocycles. The zero-order valence-corrected chi connectivity index (χ0v) is 20.4. The highest BCUT2D eigenvalue weighted by molar-refractivity contribution is 7.99. The predicted molar refractivity (Wildman–Crippen MR) is 135 cm³/mol. The van der Waals surface area contributed by atoms with Crippen LogP contribution in [0.15, 0.2) is 64.5 Å². The Balaban J connectivity index is 1.39. The Kier molecular flexibility index (Phi) is 6.85. The molecule has 0 aliphatic carbocycles. The molecule has 1 amide bonds. The van der Waals surface area contributed by atoms with Crippen LogP contribution in [0.2, 0.25) is 0 Å². The number of nitrogens with zero attached hydrogens (tertiary/aromatic N) is 4.